The van der Waals surface area contributed by atoms with E-state index in [9.17, 15) is 4.79 Å². The molecule has 4 aromatic carbocycles. The van der Waals surface area contributed by atoms with E-state index >= 15 is 0 Å². The van der Waals surface area contributed by atoms with Crippen LogP contribution in [0.1, 0.15) is 15.9 Å². The number of fused-ring (bicyclic) bond motifs is 1. The molecule has 3 nitrogen and oxygen atoms in total. The molecule has 0 bridgehead atoms. The highest BCUT2D eigenvalue weighted by Gasteiger charge is 2.23. The third-order valence-corrected chi connectivity index (χ3v) is 5.89. The molecule has 29 heavy (non-hydrogen) atoms. The first-order valence-corrected chi connectivity index (χ1v) is 10.0. The molecule has 0 aliphatic rings. The summed E-state index contributed by atoms with van der Waals surface area (Å²) >= 11 is 1.59. The Labute approximate surface area is 174 Å². The maximum Gasteiger partial charge on any atom is 0.201 e. The Morgan fingerprint density at radius 2 is 1.38 bits per heavy atom. The molecule has 0 N–H and O–H groups in total. The average molecular weight is 400 g/mol. The minimum atomic E-state index is -0.122. The zero-order valence-electron chi connectivity index (χ0n) is 16.2. The number of ketones is 1. The van der Waals surface area contributed by atoms with Gasteiger partial charge in [0.25, 0.3) is 0 Å². The van der Waals surface area contributed by atoms with Crippen LogP contribution in [0.15, 0.2) is 94.7 Å². The minimum absolute atomic E-state index is 0.122. The Morgan fingerprint density at radius 1 is 0.724 bits per heavy atom. The first-order chi connectivity index (χ1) is 14.2. The smallest absolute Gasteiger partial charge is 0.201 e. The summed E-state index contributed by atoms with van der Waals surface area (Å²) < 4.78 is 10.9. The van der Waals surface area contributed by atoms with E-state index in [0.717, 1.165) is 20.6 Å². The summed E-state index contributed by atoms with van der Waals surface area (Å²) in [6.45, 7) is 0. The van der Waals surface area contributed by atoms with Crippen LogP contribution in [0.25, 0.3) is 10.8 Å². The molecule has 0 saturated carbocycles. The van der Waals surface area contributed by atoms with E-state index in [4.69, 9.17) is 9.47 Å². The lowest BCUT2D eigenvalue weighted by Gasteiger charge is -2.16. The molecule has 0 radical (unpaired) electrons. The van der Waals surface area contributed by atoms with Gasteiger partial charge < -0.3 is 9.47 Å². The van der Waals surface area contributed by atoms with E-state index < -0.39 is 0 Å². The van der Waals surface area contributed by atoms with Crippen molar-refractivity contribution in [3.63, 3.8) is 0 Å². The Bertz CT molecular complexity index is 1150. The van der Waals surface area contributed by atoms with Crippen molar-refractivity contribution in [1.82, 2.24) is 0 Å². The van der Waals surface area contributed by atoms with E-state index in [0.29, 0.717) is 22.6 Å². The van der Waals surface area contributed by atoms with Crippen LogP contribution >= 0.6 is 11.8 Å². The van der Waals surface area contributed by atoms with Crippen LogP contribution in [0.5, 0.6) is 11.5 Å². The Kier molecular flexibility index (Phi) is 5.54. The second kappa shape index (κ2) is 8.41. The predicted molar refractivity (Wildman–Crippen MR) is 117 cm³/mol. The third-order valence-electron chi connectivity index (χ3n) is 4.74. The van der Waals surface area contributed by atoms with Crippen LogP contribution in [-0.2, 0) is 0 Å². The number of carbonyl (C=O) groups excluding carboxylic acids is 1. The van der Waals surface area contributed by atoms with Gasteiger partial charge in [-0.05, 0) is 41.1 Å². The van der Waals surface area contributed by atoms with E-state index in [2.05, 4.69) is 12.1 Å². The molecule has 144 valence electrons. The van der Waals surface area contributed by atoms with E-state index in [1.165, 1.54) is 0 Å². The summed E-state index contributed by atoms with van der Waals surface area (Å²) in [5.41, 5.74) is 1.06. The van der Waals surface area contributed by atoms with Crippen molar-refractivity contribution in [3.8, 4) is 11.5 Å². The lowest BCUT2D eigenvalue weighted by atomic mass is 9.98. The number of hydrogen-bond acceptors (Lipinski definition) is 4. The fourth-order valence-corrected chi connectivity index (χ4v) is 4.44. The molecule has 4 aromatic rings. The Morgan fingerprint density at radius 3 is 2.07 bits per heavy atom. The van der Waals surface area contributed by atoms with Crippen molar-refractivity contribution in [2.24, 2.45) is 0 Å². The predicted octanol–water partition coefficient (Wildman–Crippen LogP) is 6.24. The fourth-order valence-electron chi connectivity index (χ4n) is 3.35. The second-order valence-corrected chi connectivity index (χ2v) is 7.53. The SMILES string of the molecule is COc1cccc(OC)c1C(=O)c1ccc2ccccc2c1Sc1ccccc1. The molecule has 4 rings (SSSR count). The van der Waals surface area contributed by atoms with E-state index in [-0.39, 0.29) is 5.78 Å². The molecular formula is C25H20O3S. The molecule has 0 fully saturated rings. The lowest BCUT2D eigenvalue weighted by molar-refractivity contribution is 0.103. The summed E-state index contributed by atoms with van der Waals surface area (Å²) in [5, 5.41) is 2.13. The quantitative estimate of drug-likeness (QED) is 0.359. The van der Waals surface area contributed by atoms with Crippen molar-refractivity contribution in [1.29, 1.82) is 0 Å². The number of methoxy groups -OCH3 is 2. The van der Waals surface area contributed by atoms with Crippen molar-refractivity contribution in [3.05, 3.63) is 96.1 Å². The highest BCUT2D eigenvalue weighted by molar-refractivity contribution is 7.99. The van der Waals surface area contributed by atoms with Gasteiger partial charge in [-0.25, -0.2) is 0 Å². The summed E-state index contributed by atoms with van der Waals surface area (Å²) in [5.74, 6) is 0.875. The molecule has 0 atom stereocenters. The molecule has 0 unspecified atom stereocenters. The fraction of sp³-hybridized carbons (Fsp3) is 0.0800. The van der Waals surface area contributed by atoms with Crippen LogP contribution in [-0.4, -0.2) is 20.0 Å². The van der Waals surface area contributed by atoms with Gasteiger partial charge in [-0.15, -0.1) is 0 Å². The van der Waals surface area contributed by atoms with Gasteiger partial charge in [0, 0.05) is 15.4 Å². The first kappa shape index (κ1) is 19.1. The van der Waals surface area contributed by atoms with Crippen LogP contribution in [0.2, 0.25) is 0 Å². The van der Waals surface area contributed by atoms with Crippen LogP contribution < -0.4 is 9.47 Å². The lowest BCUT2D eigenvalue weighted by Crippen LogP contribution is -2.08. The van der Waals surface area contributed by atoms with Gasteiger partial charge in [0.2, 0.25) is 5.78 Å². The van der Waals surface area contributed by atoms with Crippen molar-refractivity contribution >= 4 is 28.3 Å². The van der Waals surface area contributed by atoms with Gasteiger partial charge in [0.15, 0.2) is 0 Å². The number of carbonyl (C=O) groups is 1. The zero-order valence-corrected chi connectivity index (χ0v) is 17.0. The number of rotatable bonds is 6. The monoisotopic (exact) mass is 400 g/mol. The Hall–Kier alpha value is -3.24. The largest absolute Gasteiger partial charge is 0.496 e. The molecule has 4 heteroatoms. The topological polar surface area (TPSA) is 35.5 Å². The summed E-state index contributed by atoms with van der Waals surface area (Å²) in [6, 6.07) is 27.4. The third kappa shape index (κ3) is 3.71. The Balaban J connectivity index is 1.92. The van der Waals surface area contributed by atoms with Crippen molar-refractivity contribution in [2.75, 3.05) is 14.2 Å². The maximum atomic E-state index is 13.7. The number of ether oxygens (including phenoxy) is 2. The molecule has 0 amide bonds. The molecular weight excluding hydrogens is 380 g/mol. The molecule has 0 aromatic heterocycles. The first-order valence-electron chi connectivity index (χ1n) is 9.23. The normalized spacial score (nSPS) is 10.7. The molecule has 0 heterocycles. The minimum Gasteiger partial charge on any atom is -0.496 e. The van der Waals surface area contributed by atoms with Gasteiger partial charge in [0.1, 0.15) is 17.1 Å². The molecule has 0 aliphatic carbocycles. The summed E-state index contributed by atoms with van der Waals surface area (Å²) in [4.78, 5) is 15.7. The number of benzene rings is 4. The molecule has 0 aliphatic heterocycles. The van der Waals surface area contributed by atoms with Gasteiger partial charge in [0.05, 0.1) is 14.2 Å². The van der Waals surface area contributed by atoms with Gasteiger partial charge in [-0.3, -0.25) is 4.79 Å². The second-order valence-electron chi connectivity index (χ2n) is 6.45. The van der Waals surface area contributed by atoms with Crippen molar-refractivity contribution < 1.29 is 14.3 Å². The van der Waals surface area contributed by atoms with E-state index in [1.54, 1.807) is 38.1 Å². The zero-order chi connectivity index (χ0) is 20.2. The van der Waals surface area contributed by atoms with E-state index in [1.807, 2.05) is 60.7 Å². The average Bonchev–Trinajstić information content (AvgIpc) is 2.79. The number of hydrogen-bond donors (Lipinski definition) is 0. The molecule has 0 spiro atoms. The highest BCUT2D eigenvalue weighted by atomic mass is 32.2. The standard InChI is InChI=1S/C25H20O3S/c1-27-21-13-8-14-22(28-2)23(21)24(26)20-16-15-17-9-6-7-12-19(17)25(20)29-18-10-4-3-5-11-18/h3-16H,1-2H3. The highest BCUT2D eigenvalue weighted by Crippen LogP contribution is 2.39. The van der Waals surface area contributed by atoms with Gasteiger partial charge in [-0.2, -0.15) is 0 Å². The van der Waals surface area contributed by atoms with Crippen LogP contribution in [0, 0.1) is 0 Å². The van der Waals surface area contributed by atoms with Crippen LogP contribution in [0.4, 0.5) is 0 Å². The summed E-state index contributed by atoms with van der Waals surface area (Å²) in [6.07, 6.45) is 0. The molecule has 0 saturated heterocycles. The van der Waals surface area contributed by atoms with Crippen LogP contribution in [0.3, 0.4) is 0 Å². The van der Waals surface area contributed by atoms with Crippen molar-refractivity contribution in [2.45, 2.75) is 9.79 Å². The van der Waals surface area contributed by atoms with Gasteiger partial charge >= 0.3 is 0 Å². The van der Waals surface area contributed by atoms with Gasteiger partial charge in [-0.1, -0.05) is 66.4 Å². The maximum absolute atomic E-state index is 13.7. The summed E-state index contributed by atoms with van der Waals surface area (Å²) in [7, 11) is 3.12.